The van der Waals surface area contributed by atoms with E-state index >= 15 is 0 Å². The molecule has 0 aliphatic rings. The van der Waals surface area contributed by atoms with Crippen LogP contribution in [0.3, 0.4) is 0 Å². The van der Waals surface area contributed by atoms with Gasteiger partial charge in [-0.1, -0.05) is 60.7 Å². The molecule has 0 saturated carbocycles. The fourth-order valence-corrected chi connectivity index (χ4v) is 6.08. The smallest absolute Gasteiger partial charge is 0.266 e. The summed E-state index contributed by atoms with van der Waals surface area (Å²) in [5.41, 5.74) is 6.02. The molecule has 10 heteroatoms. The first-order chi connectivity index (χ1) is 23.7. The van der Waals surface area contributed by atoms with E-state index in [1.165, 1.54) is 0 Å². The van der Waals surface area contributed by atoms with Crippen molar-refractivity contribution in [2.24, 2.45) is 0 Å². The molecule has 0 spiro atoms. The van der Waals surface area contributed by atoms with E-state index in [-0.39, 0.29) is 0 Å². The van der Waals surface area contributed by atoms with Crippen molar-refractivity contribution in [2.75, 3.05) is 0 Å². The maximum absolute atomic E-state index is 6.11. The molecule has 10 aromatic rings. The summed E-state index contributed by atoms with van der Waals surface area (Å²) in [6, 6.07) is 35.7. The van der Waals surface area contributed by atoms with Crippen LogP contribution in [-0.4, -0.2) is 40.3 Å². The average Bonchev–Trinajstić information content (AvgIpc) is 3.86. The van der Waals surface area contributed by atoms with Gasteiger partial charge in [-0.2, -0.15) is 0 Å². The van der Waals surface area contributed by atoms with Crippen molar-refractivity contribution in [3.63, 3.8) is 0 Å². The lowest BCUT2D eigenvalue weighted by Gasteiger charge is -2.04. The number of pyridine rings is 4. The molecular formula is C38H20N8O2. The normalized spacial score (nSPS) is 11.8. The number of nitrogens with zero attached hydrogens (tertiary/aromatic N) is 8. The van der Waals surface area contributed by atoms with Crippen LogP contribution in [0, 0.1) is 0 Å². The van der Waals surface area contributed by atoms with E-state index in [4.69, 9.17) is 18.8 Å². The Labute approximate surface area is 270 Å². The van der Waals surface area contributed by atoms with Crippen LogP contribution in [0.25, 0.3) is 100 Å². The monoisotopic (exact) mass is 620 g/mol. The molecule has 0 unspecified atom stereocenters. The highest BCUT2D eigenvalue weighted by Crippen LogP contribution is 2.32. The van der Waals surface area contributed by atoms with Gasteiger partial charge in [0, 0.05) is 45.1 Å². The van der Waals surface area contributed by atoms with E-state index in [1.807, 2.05) is 109 Å². The Bertz CT molecular complexity index is 2680. The molecule has 0 N–H and O–H groups in total. The summed E-state index contributed by atoms with van der Waals surface area (Å²) in [7, 11) is 0. The van der Waals surface area contributed by atoms with Crippen LogP contribution >= 0.6 is 0 Å². The fourth-order valence-electron chi connectivity index (χ4n) is 6.08. The van der Waals surface area contributed by atoms with E-state index < -0.39 is 0 Å². The zero-order chi connectivity index (χ0) is 31.6. The summed E-state index contributed by atoms with van der Waals surface area (Å²) in [5, 5.41) is 23.3. The second kappa shape index (κ2) is 10.3. The van der Waals surface area contributed by atoms with Gasteiger partial charge in [0.25, 0.3) is 11.8 Å². The van der Waals surface area contributed by atoms with Crippen molar-refractivity contribution in [1.29, 1.82) is 0 Å². The second-order valence-corrected chi connectivity index (χ2v) is 11.4. The molecule has 0 saturated heterocycles. The van der Waals surface area contributed by atoms with Crippen LogP contribution in [0.1, 0.15) is 0 Å². The molecule has 0 fully saturated rings. The first-order valence-corrected chi connectivity index (χ1v) is 15.2. The number of benzene rings is 4. The Morgan fingerprint density at radius 2 is 0.750 bits per heavy atom. The summed E-state index contributed by atoms with van der Waals surface area (Å²) in [5.74, 6) is 1.49. The zero-order valence-electron chi connectivity index (χ0n) is 24.9. The standard InChI is InChI=1S/C38H20N8O2/c1-3-21-5-7-23-13-15-29(41-33(23)31(21)39-17-1)37-45-43-35(47-37)27-11-9-26-20-28(12-10-25(26)19-27)36-44-46-38(48-36)30-16-14-24-8-6-22-4-2-18-40-32(22)34(24)42-30/h1-20H. The van der Waals surface area contributed by atoms with Gasteiger partial charge in [0.2, 0.25) is 11.8 Å². The van der Waals surface area contributed by atoms with Crippen molar-refractivity contribution in [2.45, 2.75) is 0 Å². The molecule has 48 heavy (non-hydrogen) atoms. The highest BCUT2D eigenvalue weighted by atomic mass is 16.4. The Kier molecular flexibility index (Phi) is 5.64. The Hall–Kier alpha value is -6.94. The minimum Gasteiger partial charge on any atom is -0.415 e. The number of rotatable bonds is 4. The fraction of sp³-hybridized carbons (Fsp3) is 0. The maximum Gasteiger partial charge on any atom is 0.266 e. The van der Waals surface area contributed by atoms with Crippen molar-refractivity contribution >= 4 is 54.4 Å². The van der Waals surface area contributed by atoms with Gasteiger partial charge >= 0.3 is 0 Å². The predicted molar refractivity (Wildman–Crippen MR) is 183 cm³/mol. The topological polar surface area (TPSA) is 129 Å². The molecule has 6 heterocycles. The van der Waals surface area contributed by atoms with Crippen LogP contribution in [-0.2, 0) is 0 Å². The predicted octanol–water partition coefficient (Wildman–Crippen LogP) is 8.47. The van der Waals surface area contributed by atoms with E-state index in [9.17, 15) is 0 Å². The molecule has 6 aromatic heterocycles. The van der Waals surface area contributed by atoms with Crippen LogP contribution in [0.15, 0.2) is 130 Å². The number of aromatic nitrogens is 8. The number of hydrogen-bond acceptors (Lipinski definition) is 10. The van der Waals surface area contributed by atoms with E-state index in [0.717, 1.165) is 65.5 Å². The quantitative estimate of drug-likeness (QED) is 0.177. The lowest BCUT2D eigenvalue weighted by Crippen LogP contribution is -1.88. The summed E-state index contributed by atoms with van der Waals surface area (Å²) in [6.45, 7) is 0. The summed E-state index contributed by atoms with van der Waals surface area (Å²) in [4.78, 5) is 18.7. The Balaban J connectivity index is 0.947. The minimum absolute atomic E-state index is 0.341. The van der Waals surface area contributed by atoms with Crippen LogP contribution in [0.5, 0.6) is 0 Å². The van der Waals surface area contributed by atoms with Crippen molar-refractivity contribution in [3.05, 3.63) is 122 Å². The Morgan fingerprint density at radius 1 is 0.354 bits per heavy atom. The van der Waals surface area contributed by atoms with Gasteiger partial charge in [-0.05, 0) is 59.3 Å². The molecule has 0 radical (unpaired) electrons. The first-order valence-electron chi connectivity index (χ1n) is 15.2. The first kappa shape index (κ1) is 26.3. The summed E-state index contributed by atoms with van der Waals surface area (Å²) in [6.07, 6.45) is 3.54. The van der Waals surface area contributed by atoms with Gasteiger partial charge in [-0.25, -0.2) is 9.97 Å². The van der Waals surface area contributed by atoms with Gasteiger partial charge in [0.1, 0.15) is 11.4 Å². The lowest BCUT2D eigenvalue weighted by molar-refractivity contribution is 0.582. The maximum atomic E-state index is 6.11. The number of hydrogen-bond donors (Lipinski definition) is 0. The number of fused-ring (bicyclic) bond motifs is 7. The molecule has 0 aliphatic heterocycles. The molecule has 4 aromatic carbocycles. The molecule has 0 bridgehead atoms. The summed E-state index contributed by atoms with van der Waals surface area (Å²) < 4.78 is 12.2. The van der Waals surface area contributed by atoms with Crippen LogP contribution in [0.4, 0.5) is 0 Å². The average molecular weight is 621 g/mol. The van der Waals surface area contributed by atoms with Gasteiger partial charge in [0.15, 0.2) is 0 Å². The molecular weight excluding hydrogens is 600 g/mol. The van der Waals surface area contributed by atoms with Crippen LogP contribution < -0.4 is 0 Å². The highest BCUT2D eigenvalue weighted by Gasteiger charge is 2.16. The third kappa shape index (κ3) is 4.27. The Morgan fingerprint density at radius 3 is 1.23 bits per heavy atom. The third-order valence-corrected chi connectivity index (χ3v) is 8.49. The van der Waals surface area contributed by atoms with Gasteiger partial charge in [-0.15, -0.1) is 20.4 Å². The SMILES string of the molecule is c1cnc2c(c1)ccc1ccc(-c3nnc(-c4ccc5cc(-c6nnc(-c7ccc8ccc9cccnc9c8n7)o6)ccc5c4)o3)nc12. The molecule has 0 atom stereocenters. The molecule has 0 aliphatic carbocycles. The van der Waals surface area contributed by atoms with E-state index in [1.54, 1.807) is 12.4 Å². The third-order valence-electron chi connectivity index (χ3n) is 8.49. The van der Waals surface area contributed by atoms with Crippen molar-refractivity contribution in [1.82, 2.24) is 40.3 Å². The molecule has 224 valence electrons. The van der Waals surface area contributed by atoms with Crippen molar-refractivity contribution in [3.8, 4) is 46.1 Å². The molecule has 10 rings (SSSR count). The van der Waals surface area contributed by atoms with E-state index in [2.05, 4.69) is 30.4 Å². The minimum atomic E-state index is 0.341. The lowest BCUT2D eigenvalue weighted by atomic mass is 10.0. The van der Waals surface area contributed by atoms with Gasteiger partial charge < -0.3 is 8.83 Å². The second-order valence-electron chi connectivity index (χ2n) is 11.4. The van der Waals surface area contributed by atoms with E-state index in [0.29, 0.717) is 35.0 Å². The summed E-state index contributed by atoms with van der Waals surface area (Å²) >= 11 is 0. The van der Waals surface area contributed by atoms with Gasteiger partial charge in [-0.3, -0.25) is 9.97 Å². The largest absolute Gasteiger partial charge is 0.415 e. The zero-order valence-corrected chi connectivity index (χ0v) is 24.9. The highest BCUT2D eigenvalue weighted by molar-refractivity contribution is 6.04. The molecule has 0 amide bonds. The van der Waals surface area contributed by atoms with Crippen LogP contribution in [0.2, 0.25) is 0 Å². The molecule has 10 nitrogen and oxygen atoms in total. The van der Waals surface area contributed by atoms with Crippen molar-refractivity contribution < 1.29 is 8.83 Å². The van der Waals surface area contributed by atoms with Gasteiger partial charge in [0.05, 0.1) is 22.1 Å².